The number of para-hydroxylation sites is 1. The molecule has 0 bridgehead atoms. The maximum Gasteiger partial charge on any atom is 0.188 e. The van der Waals surface area contributed by atoms with E-state index in [1.165, 1.54) is 0 Å². The molecule has 25 heavy (non-hydrogen) atoms. The van der Waals surface area contributed by atoms with E-state index in [1.807, 2.05) is 18.2 Å². The van der Waals surface area contributed by atoms with Gasteiger partial charge in [0, 0.05) is 5.54 Å². The minimum Gasteiger partial charge on any atom is -0.488 e. The molecule has 134 valence electrons. The summed E-state index contributed by atoms with van der Waals surface area (Å²) in [5.41, 5.74) is 7.30. The molecule has 3 N–H and O–H groups in total. The third-order valence-electron chi connectivity index (χ3n) is 2.98. The van der Waals surface area contributed by atoms with Gasteiger partial charge < -0.3 is 20.6 Å². The number of nitrogens with two attached hydrogens (primary N) is 1. The molecule has 1 aromatic carbocycles. The molecule has 7 heteroatoms. The number of oxime groups is 1. The number of ether oxygens (including phenoxy) is 1. The van der Waals surface area contributed by atoms with Gasteiger partial charge in [0.15, 0.2) is 12.4 Å². The lowest BCUT2D eigenvalue weighted by Crippen LogP contribution is -2.26. The van der Waals surface area contributed by atoms with E-state index < -0.39 is 0 Å². The third-order valence-corrected chi connectivity index (χ3v) is 3.29. The quantitative estimate of drug-likeness (QED) is 0.340. The molecule has 0 unspecified atom stereocenters. The van der Waals surface area contributed by atoms with Gasteiger partial charge in [-0.25, -0.2) is 0 Å². The summed E-state index contributed by atoms with van der Waals surface area (Å²) in [5.74, 6) is 0.813. The number of hydrogen-bond acceptors (Lipinski definition) is 5. The highest BCUT2D eigenvalue weighted by Crippen LogP contribution is 2.22. The third kappa shape index (κ3) is 6.51. The van der Waals surface area contributed by atoms with Crippen molar-refractivity contribution in [2.24, 2.45) is 10.9 Å². The maximum absolute atomic E-state index is 5.99. The van der Waals surface area contributed by atoms with Crippen molar-refractivity contribution in [1.29, 1.82) is 0 Å². The normalized spacial score (nSPS) is 11.9. The molecule has 0 saturated carbocycles. The first-order valence-electron chi connectivity index (χ1n) is 7.92. The topological polar surface area (TPSA) is 81.8 Å². The predicted molar refractivity (Wildman–Crippen MR) is 101 cm³/mol. The molecule has 0 aliphatic heterocycles. The average Bonchev–Trinajstić information content (AvgIpc) is 2.55. The predicted octanol–water partition coefficient (Wildman–Crippen LogP) is 3.66. The Hall–Kier alpha value is -2.47. The molecule has 0 amide bonds. The summed E-state index contributed by atoms with van der Waals surface area (Å²) < 4.78 is 5.50. The molecule has 0 spiro atoms. The van der Waals surface area contributed by atoms with Gasteiger partial charge in [0.1, 0.15) is 18.1 Å². The summed E-state index contributed by atoms with van der Waals surface area (Å²) in [6.45, 7) is 6.79. The van der Waals surface area contributed by atoms with E-state index in [-0.39, 0.29) is 18.0 Å². The average molecular weight is 363 g/mol. The second-order valence-electron chi connectivity index (χ2n) is 6.40. The molecule has 6 nitrogen and oxygen atoms in total. The van der Waals surface area contributed by atoms with Crippen molar-refractivity contribution in [2.75, 3.05) is 18.5 Å². The van der Waals surface area contributed by atoms with Crippen LogP contribution in [-0.4, -0.2) is 29.6 Å². The fourth-order valence-corrected chi connectivity index (χ4v) is 2.16. The van der Waals surface area contributed by atoms with Crippen LogP contribution in [0.2, 0.25) is 5.02 Å². The van der Waals surface area contributed by atoms with Crippen molar-refractivity contribution < 1.29 is 9.57 Å². The first-order chi connectivity index (χ1) is 11.8. The van der Waals surface area contributed by atoms with Crippen LogP contribution in [0.25, 0.3) is 0 Å². The second-order valence-corrected chi connectivity index (χ2v) is 6.80. The molecule has 1 aromatic heterocycles. The Morgan fingerprint density at radius 3 is 2.60 bits per heavy atom. The van der Waals surface area contributed by atoms with Crippen LogP contribution in [-0.2, 0) is 4.84 Å². The Balaban J connectivity index is 1.80. The number of aromatic nitrogens is 1. The Bertz CT molecular complexity index is 712. The second kappa shape index (κ2) is 8.58. The molecular weight excluding hydrogens is 340 g/mol. The molecule has 0 aliphatic carbocycles. The van der Waals surface area contributed by atoms with Crippen LogP contribution in [0.15, 0.2) is 47.8 Å². The van der Waals surface area contributed by atoms with Crippen LogP contribution in [0.5, 0.6) is 5.75 Å². The first-order valence-corrected chi connectivity index (χ1v) is 8.30. The number of amidine groups is 1. The van der Waals surface area contributed by atoms with Crippen molar-refractivity contribution in [3.05, 3.63) is 53.3 Å². The number of pyridine rings is 1. The number of anilines is 1. The lowest BCUT2D eigenvalue weighted by Gasteiger charge is -2.21. The number of nitrogens with one attached hydrogen (secondary N) is 1. The molecule has 0 saturated heterocycles. The van der Waals surface area contributed by atoms with Crippen LogP contribution in [0.4, 0.5) is 5.69 Å². The van der Waals surface area contributed by atoms with Crippen LogP contribution >= 0.6 is 11.6 Å². The summed E-state index contributed by atoms with van der Waals surface area (Å²) in [4.78, 5) is 9.44. The molecule has 0 fully saturated rings. The minimum atomic E-state index is -0.0341. The van der Waals surface area contributed by atoms with Crippen LogP contribution < -0.4 is 15.8 Å². The Morgan fingerprint density at radius 2 is 1.96 bits per heavy atom. The van der Waals surface area contributed by atoms with Gasteiger partial charge in [-0.15, -0.1) is 0 Å². The standard InChI is InChI=1S/C18H23ClN4O2/c1-18(2,3)22-13-8-9-15(21-12-13)17(20)23-25-11-10-24-16-7-5-4-6-14(16)19/h4-9,12,22H,10-11H2,1-3H3,(H2,20,23). The summed E-state index contributed by atoms with van der Waals surface area (Å²) in [6, 6.07) is 10.9. The van der Waals surface area contributed by atoms with Gasteiger partial charge in [-0.2, -0.15) is 0 Å². The van der Waals surface area contributed by atoms with Crippen molar-refractivity contribution in [3.8, 4) is 5.75 Å². The van der Waals surface area contributed by atoms with Crippen LogP contribution in [0.1, 0.15) is 26.5 Å². The summed E-state index contributed by atoms with van der Waals surface area (Å²) in [5, 5.41) is 7.73. The monoisotopic (exact) mass is 362 g/mol. The fraction of sp³-hybridized carbons (Fsp3) is 0.333. The molecule has 0 radical (unpaired) electrons. The SMILES string of the molecule is CC(C)(C)Nc1ccc(C(N)=NOCCOc2ccccc2Cl)nc1. The number of halogens is 1. The first kappa shape index (κ1) is 18.9. The highest BCUT2D eigenvalue weighted by atomic mass is 35.5. The molecule has 0 aliphatic rings. The van der Waals surface area contributed by atoms with E-state index in [2.05, 4.69) is 36.2 Å². The van der Waals surface area contributed by atoms with Gasteiger partial charge in [0.25, 0.3) is 0 Å². The zero-order valence-electron chi connectivity index (χ0n) is 14.6. The van der Waals surface area contributed by atoms with Gasteiger partial charge in [-0.05, 0) is 45.0 Å². The molecule has 2 rings (SSSR count). The van der Waals surface area contributed by atoms with E-state index in [0.29, 0.717) is 23.1 Å². The van der Waals surface area contributed by atoms with Crippen molar-refractivity contribution >= 4 is 23.1 Å². The summed E-state index contributed by atoms with van der Waals surface area (Å²) >= 11 is 5.99. The molecular formula is C18H23ClN4O2. The van der Waals surface area contributed by atoms with Crippen LogP contribution in [0, 0.1) is 0 Å². The fourth-order valence-electron chi connectivity index (χ4n) is 1.96. The minimum absolute atomic E-state index is 0.0341. The van der Waals surface area contributed by atoms with Crippen molar-refractivity contribution in [1.82, 2.24) is 4.98 Å². The van der Waals surface area contributed by atoms with Crippen LogP contribution in [0.3, 0.4) is 0 Å². The van der Waals surface area contributed by atoms with Gasteiger partial charge in [0.2, 0.25) is 0 Å². The molecule has 2 aromatic rings. The van der Waals surface area contributed by atoms with Gasteiger partial charge in [0.05, 0.1) is 16.9 Å². The van der Waals surface area contributed by atoms with E-state index >= 15 is 0 Å². The Labute approximate surface area is 153 Å². The Kier molecular flexibility index (Phi) is 6.47. The number of hydrogen-bond donors (Lipinski definition) is 2. The van der Waals surface area contributed by atoms with E-state index in [4.69, 9.17) is 26.9 Å². The van der Waals surface area contributed by atoms with E-state index in [1.54, 1.807) is 24.4 Å². The number of nitrogens with zero attached hydrogens (tertiary/aromatic N) is 2. The lowest BCUT2D eigenvalue weighted by atomic mass is 10.1. The summed E-state index contributed by atoms with van der Waals surface area (Å²) in [7, 11) is 0. The van der Waals surface area contributed by atoms with Crippen molar-refractivity contribution in [2.45, 2.75) is 26.3 Å². The highest BCUT2D eigenvalue weighted by Gasteiger charge is 2.09. The largest absolute Gasteiger partial charge is 0.488 e. The zero-order chi connectivity index (χ0) is 18.3. The molecule has 1 heterocycles. The number of rotatable bonds is 7. The van der Waals surface area contributed by atoms with Gasteiger partial charge >= 0.3 is 0 Å². The highest BCUT2D eigenvalue weighted by molar-refractivity contribution is 6.32. The molecule has 0 atom stereocenters. The zero-order valence-corrected chi connectivity index (χ0v) is 15.4. The Morgan fingerprint density at radius 1 is 1.20 bits per heavy atom. The van der Waals surface area contributed by atoms with Crippen molar-refractivity contribution in [3.63, 3.8) is 0 Å². The smallest absolute Gasteiger partial charge is 0.188 e. The number of benzene rings is 1. The maximum atomic E-state index is 5.99. The lowest BCUT2D eigenvalue weighted by molar-refractivity contribution is 0.107. The van der Waals surface area contributed by atoms with Gasteiger partial charge in [-0.1, -0.05) is 28.9 Å². The van der Waals surface area contributed by atoms with Gasteiger partial charge in [-0.3, -0.25) is 4.98 Å². The summed E-state index contributed by atoms with van der Waals surface area (Å²) in [6.07, 6.45) is 1.71. The van der Waals surface area contributed by atoms with E-state index in [0.717, 1.165) is 5.69 Å². The van der Waals surface area contributed by atoms with E-state index in [9.17, 15) is 0 Å².